The number of hydrogen-bond acceptors (Lipinski definition) is 5. The van der Waals surface area contributed by atoms with Crippen LogP contribution in [0.15, 0.2) is 42.5 Å². The van der Waals surface area contributed by atoms with Crippen molar-refractivity contribution in [2.45, 2.75) is 6.92 Å². The molecule has 0 aromatic heterocycles. The van der Waals surface area contributed by atoms with Crippen molar-refractivity contribution in [2.24, 2.45) is 0 Å². The minimum atomic E-state index is -0.791. The number of carbonyl (C=O) groups excluding carboxylic acids is 2. The van der Waals surface area contributed by atoms with Crippen molar-refractivity contribution in [3.8, 4) is 5.75 Å². The van der Waals surface area contributed by atoms with Crippen LogP contribution in [0.4, 0.5) is 15.8 Å². The molecule has 1 N–H and O–H groups in total. The van der Waals surface area contributed by atoms with Gasteiger partial charge in [0.1, 0.15) is 11.6 Å². The number of rotatable bonds is 4. The summed E-state index contributed by atoms with van der Waals surface area (Å²) < 4.78 is 18.4. The van der Waals surface area contributed by atoms with E-state index in [1.165, 1.54) is 31.2 Å². The second kappa shape index (κ2) is 6.65. The summed E-state index contributed by atoms with van der Waals surface area (Å²) in [6.45, 7) is 1.24. The Labute approximate surface area is 129 Å². The van der Waals surface area contributed by atoms with E-state index >= 15 is 0 Å². The highest BCUT2D eigenvalue weighted by atomic mass is 19.1. The van der Waals surface area contributed by atoms with E-state index in [1.54, 1.807) is 0 Å². The molecule has 7 nitrogen and oxygen atoms in total. The zero-order chi connectivity index (χ0) is 17.0. The number of halogens is 1. The Kier molecular flexibility index (Phi) is 4.65. The van der Waals surface area contributed by atoms with Crippen LogP contribution >= 0.6 is 0 Å². The summed E-state index contributed by atoms with van der Waals surface area (Å²) >= 11 is 0. The van der Waals surface area contributed by atoms with Crippen LogP contribution in [0.1, 0.15) is 17.3 Å². The highest BCUT2D eigenvalue weighted by Crippen LogP contribution is 2.22. The predicted octanol–water partition coefficient (Wildman–Crippen LogP) is 2.91. The number of nitro benzene ring substituents is 1. The molecule has 8 heteroatoms. The fourth-order valence-electron chi connectivity index (χ4n) is 1.76. The predicted molar refractivity (Wildman–Crippen MR) is 78.8 cm³/mol. The molecule has 2 aromatic rings. The number of non-ortho nitro benzene ring substituents is 1. The van der Waals surface area contributed by atoms with Gasteiger partial charge in [0.05, 0.1) is 10.6 Å². The van der Waals surface area contributed by atoms with Gasteiger partial charge in [0.25, 0.3) is 11.6 Å². The lowest BCUT2D eigenvalue weighted by molar-refractivity contribution is -0.384. The molecule has 2 rings (SSSR count). The first kappa shape index (κ1) is 16.1. The smallest absolute Gasteiger partial charge is 0.308 e. The third-order valence-corrected chi connectivity index (χ3v) is 2.79. The number of benzene rings is 2. The third-order valence-electron chi connectivity index (χ3n) is 2.79. The molecule has 0 radical (unpaired) electrons. The molecule has 1 amide bonds. The molecule has 0 spiro atoms. The number of amides is 1. The van der Waals surface area contributed by atoms with E-state index in [1.807, 2.05) is 0 Å². The molecule has 0 saturated carbocycles. The van der Waals surface area contributed by atoms with Gasteiger partial charge in [0, 0.05) is 24.6 Å². The molecule has 0 heterocycles. The summed E-state index contributed by atoms with van der Waals surface area (Å²) in [7, 11) is 0. The maximum atomic E-state index is 13.6. The Bertz CT molecular complexity index is 774. The number of ether oxygens (including phenoxy) is 1. The van der Waals surface area contributed by atoms with Gasteiger partial charge in [-0.25, -0.2) is 4.39 Å². The second-order valence-corrected chi connectivity index (χ2v) is 4.49. The van der Waals surface area contributed by atoms with Crippen LogP contribution in [0.3, 0.4) is 0 Å². The molecular weight excluding hydrogens is 307 g/mol. The summed E-state index contributed by atoms with van der Waals surface area (Å²) in [6.07, 6.45) is 0. The van der Waals surface area contributed by atoms with E-state index in [0.29, 0.717) is 0 Å². The van der Waals surface area contributed by atoms with Gasteiger partial charge >= 0.3 is 5.97 Å². The Morgan fingerprint density at radius 1 is 1.17 bits per heavy atom. The third kappa shape index (κ3) is 4.10. The number of hydrogen-bond donors (Lipinski definition) is 1. The van der Waals surface area contributed by atoms with Crippen molar-refractivity contribution in [1.29, 1.82) is 0 Å². The van der Waals surface area contributed by atoms with Crippen LogP contribution in [0, 0.1) is 15.9 Å². The van der Waals surface area contributed by atoms with E-state index in [4.69, 9.17) is 4.74 Å². The molecule has 0 saturated heterocycles. The molecule has 0 bridgehead atoms. The Morgan fingerprint density at radius 2 is 1.83 bits per heavy atom. The second-order valence-electron chi connectivity index (χ2n) is 4.49. The molecule has 0 aliphatic rings. The lowest BCUT2D eigenvalue weighted by Crippen LogP contribution is -2.13. The zero-order valence-electron chi connectivity index (χ0n) is 11.9. The van der Waals surface area contributed by atoms with E-state index in [2.05, 4.69) is 5.32 Å². The quantitative estimate of drug-likeness (QED) is 0.404. The number of nitro groups is 1. The highest BCUT2D eigenvalue weighted by Gasteiger charge is 2.14. The summed E-state index contributed by atoms with van der Waals surface area (Å²) in [6, 6.07) is 8.39. The van der Waals surface area contributed by atoms with Crippen LogP contribution in [-0.4, -0.2) is 16.8 Å². The minimum absolute atomic E-state index is 0.173. The van der Waals surface area contributed by atoms with E-state index in [9.17, 15) is 24.1 Å². The number of esters is 1. The number of carbonyl (C=O) groups is 2. The Morgan fingerprint density at radius 3 is 2.39 bits per heavy atom. The minimum Gasteiger partial charge on any atom is -0.427 e. The average Bonchev–Trinajstić information content (AvgIpc) is 2.49. The maximum absolute atomic E-state index is 13.6. The summed E-state index contributed by atoms with van der Waals surface area (Å²) in [5.41, 5.74) is -0.466. The number of anilines is 1. The standard InChI is InChI=1S/C15H11FN2O5/c1-9(19)23-12-5-2-10(3-6-12)15(20)17-14-8-11(18(21)22)4-7-13(14)16/h2-8H,1H3,(H,17,20). The molecule has 2 aromatic carbocycles. The first-order valence-corrected chi connectivity index (χ1v) is 6.40. The molecule has 118 valence electrons. The summed E-state index contributed by atoms with van der Waals surface area (Å²) in [4.78, 5) is 32.8. The van der Waals surface area contributed by atoms with E-state index in [0.717, 1.165) is 18.2 Å². The molecular formula is C15H11FN2O5. The molecule has 0 unspecified atom stereocenters. The first-order valence-electron chi connectivity index (χ1n) is 6.40. The van der Waals surface area contributed by atoms with Crippen LogP contribution < -0.4 is 10.1 Å². The van der Waals surface area contributed by atoms with E-state index in [-0.39, 0.29) is 22.7 Å². The van der Waals surface area contributed by atoms with Gasteiger partial charge in [-0.3, -0.25) is 19.7 Å². The average molecular weight is 318 g/mol. The van der Waals surface area contributed by atoms with Crippen LogP contribution in [0.25, 0.3) is 0 Å². The maximum Gasteiger partial charge on any atom is 0.308 e. The fraction of sp³-hybridized carbons (Fsp3) is 0.0667. The summed E-state index contributed by atoms with van der Waals surface area (Å²) in [5, 5.41) is 12.9. The largest absolute Gasteiger partial charge is 0.427 e. The SMILES string of the molecule is CC(=O)Oc1ccc(C(=O)Nc2cc([N+](=O)[O-])ccc2F)cc1. The fourth-order valence-corrected chi connectivity index (χ4v) is 1.76. The van der Waals surface area contributed by atoms with Gasteiger partial charge in [0.15, 0.2) is 0 Å². The van der Waals surface area contributed by atoms with Gasteiger partial charge in [0.2, 0.25) is 0 Å². The number of nitrogens with zero attached hydrogens (tertiary/aromatic N) is 1. The normalized spacial score (nSPS) is 10.0. The van der Waals surface area contributed by atoms with Gasteiger partial charge in [-0.2, -0.15) is 0 Å². The van der Waals surface area contributed by atoms with Crippen molar-refractivity contribution in [2.75, 3.05) is 5.32 Å². The zero-order valence-corrected chi connectivity index (χ0v) is 11.9. The van der Waals surface area contributed by atoms with Crippen molar-refractivity contribution in [3.05, 3.63) is 64.0 Å². The molecule has 0 atom stereocenters. The monoisotopic (exact) mass is 318 g/mol. The highest BCUT2D eigenvalue weighted by molar-refractivity contribution is 6.04. The Hall–Kier alpha value is -3.29. The van der Waals surface area contributed by atoms with Gasteiger partial charge in [-0.1, -0.05) is 0 Å². The van der Waals surface area contributed by atoms with Crippen LogP contribution in [0.2, 0.25) is 0 Å². The van der Waals surface area contributed by atoms with Crippen LogP contribution in [0.5, 0.6) is 5.75 Å². The molecule has 0 fully saturated rings. The van der Waals surface area contributed by atoms with E-state index < -0.39 is 22.6 Å². The Balaban J connectivity index is 2.17. The van der Waals surface area contributed by atoms with Gasteiger partial charge < -0.3 is 10.1 Å². The van der Waals surface area contributed by atoms with Crippen LogP contribution in [-0.2, 0) is 4.79 Å². The number of nitrogens with one attached hydrogen (secondary N) is 1. The lowest BCUT2D eigenvalue weighted by Gasteiger charge is -2.07. The van der Waals surface area contributed by atoms with Crippen molar-refractivity contribution in [3.63, 3.8) is 0 Å². The molecule has 0 aliphatic carbocycles. The first-order chi connectivity index (χ1) is 10.9. The summed E-state index contributed by atoms with van der Waals surface area (Å²) in [5.74, 6) is -1.68. The van der Waals surface area contributed by atoms with Crippen molar-refractivity contribution >= 4 is 23.3 Å². The lowest BCUT2D eigenvalue weighted by atomic mass is 10.2. The molecule has 23 heavy (non-hydrogen) atoms. The van der Waals surface area contributed by atoms with Crippen molar-refractivity contribution in [1.82, 2.24) is 0 Å². The van der Waals surface area contributed by atoms with Crippen molar-refractivity contribution < 1.29 is 23.6 Å². The topological polar surface area (TPSA) is 98.5 Å². The molecule has 0 aliphatic heterocycles. The van der Waals surface area contributed by atoms with Gasteiger partial charge in [-0.15, -0.1) is 0 Å². The van der Waals surface area contributed by atoms with Gasteiger partial charge in [-0.05, 0) is 30.3 Å².